The fourth-order valence-electron chi connectivity index (χ4n) is 3.68. The van der Waals surface area contributed by atoms with E-state index in [1.54, 1.807) is 0 Å². The molecule has 1 saturated carbocycles. The van der Waals surface area contributed by atoms with Gasteiger partial charge >= 0.3 is 0 Å². The monoisotopic (exact) mass is 311 g/mol. The summed E-state index contributed by atoms with van der Waals surface area (Å²) in [4.78, 5) is 2.65. The average Bonchev–Trinajstić information content (AvgIpc) is 3.38. The van der Waals surface area contributed by atoms with Gasteiger partial charge in [0, 0.05) is 36.7 Å². The summed E-state index contributed by atoms with van der Waals surface area (Å²) in [5, 5.41) is 5.29. The van der Waals surface area contributed by atoms with Crippen LogP contribution >= 0.6 is 11.6 Å². The highest BCUT2D eigenvalue weighted by molar-refractivity contribution is 6.30. The highest BCUT2D eigenvalue weighted by Gasteiger charge is 2.50. The Labute approximate surface area is 137 Å². The number of hydrogen-bond donors (Lipinski definition) is 0. The van der Waals surface area contributed by atoms with Crippen molar-refractivity contribution in [2.45, 2.75) is 18.4 Å². The van der Waals surface area contributed by atoms with E-state index in [0.29, 0.717) is 0 Å². The third-order valence-electron chi connectivity index (χ3n) is 4.97. The van der Waals surface area contributed by atoms with E-state index in [9.17, 15) is 0 Å². The van der Waals surface area contributed by atoms with E-state index in [1.165, 1.54) is 29.5 Å². The van der Waals surface area contributed by atoms with Gasteiger partial charge in [0.15, 0.2) is 0 Å². The summed E-state index contributed by atoms with van der Waals surface area (Å²) in [6, 6.07) is 17.1. The Morgan fingerprint density at radius 1 is 0.909 bits per heavy atom. The van der Waals surface area contributed by atoms with E-state index in [1.807, 2.05) is 12.1 Å². The highest BCUT2D eigenvalue weighted by atomic mass is 35.5. The van der Waals surface area contributed by atoms with Crippen molar-refractivity contribution in [1.82, 2.24) is 10.2 Å². The number of piperazine rings is 1. The van der Waals surface area contributed by atoms with E-state index in [4.69, 9.17) is 11.6 Å². The van der Waals surface area contributed by atoms with Gasteiger partial charge < -0.3 is 0 Å². The third kappa shape index (κ3) is 2.45. The smallest absolute Gasteiger partial charge is 0.0469 e. The van der Waals surface area contributed by atoms with Gasteiger partial charge in [0.05, 0.1) is 0 Å². The van der Waals surface area contributed by atoms with Gasteiger partial charge in [0.25, 0.3) is 0 Å². The second-order valence-corrected chi connectivity index (χ2v) is 6.68. The van der Waals surface area contributed by atoms with E-state index in [-0.39, 0.29) is 5.54 Å². The van der Waals surface area contributed by atoms with Gasteiger partial charge in [-0.1, -0.05) is 48.0 Å². The van der Waals surface area contributed by atoms with E-state index in [0.717, 1.165) is 31.2 Å². The molecule has 4 rings (SSSR count). The zero-order chi connectivity index (χ0) is 15.0. The molecule has 2 nitrogen and oxygen atoms in total. The Balaban J connectivity index is 1.74. The quantitative estimate of drug-likeness (QED) is 0.840. The van der Waals surface area contributed by atoms with Crippen molar-refractivity contribution in [2.75, 3.05) is 26.2 Å². The molecule has 1 aliphatic carbocycles. The highest BCUT2D eigenvalue weighted by Crippen LogP contribution is 2.53. The molecule has 0 aromatic heterocycles. The van der Waals surface area contributed by atoms with E-state index < -0.39 is 0 Å². The molecule has 22 heavy (non-hydrogen) atoms. The Kier molecular flexibility index (Phi) is 3.69. The predicted molar refractivity (Wildman–Crippen MR) is 91.2 cm³/mol. The lowest BCUT2D eigenvalue weighted by Gasteiger charge is -2.36. The van der Waals surface area contributed by atoms with Crippen LogP contribution in [-0.4, -0.2) is 31.1 Å². The molecule has 1 aliphatic heterocycles. The summed E-state index contributed by atoms with van der Waals surface area (Å²) >= 11 is 6.04. The summed E-state index contributed by atoms with van der Waals surface area (Å²) < 4.78 is 0. The first kappa shape index (κ1) is 14.3. The summed E-state index contributed by atoms with van der Waals surface area (Å²) in [7, 11) is 0. The molecule has 1 radical (unpaired) electrons. The van der Waals surface area contributed by atoms with Crippen molar-refractivity contribution < 1.29 is 0 Å². The normalized spacial score (nSPS) is 20.8. The molecule has 1 saturated heterocycles. The molecular weight excluding hydrogens is 292 g/mol. The van der Waals surface area contributed by atoms with Gasteiger partial charge in [0.2, 0.25) is 0 Å². The first-order valence-electron chi connectivity index (χ1n) is 8.03. The van der Waals surface area contributed by atoms with Crippen LogP contribution in [0.4, 0.5) is 0 Å². The number of benzene rings is 2. The van der Waals surface area contributed by atoms with Crippen molar-refractivity contribution in [3.05, 3.63) is 59.1 Å². The van der Waals surface area contributed by atoms with Gasteiger partial charge in [-0.2, -0.15) is 0 Å². The van der Waals surface area contributed by atoms with E-state index in [2.05, 4.69) is 46.6 Å². The fraction of sp³-hybridized carbons (Fsp3) is 0.368. The third-order valence-corrected chi connectivity index (χ3v) is 5.22. The first-order chi connectivity index (χ1) is 10.8. The second-order valence-electron chi connectivity index (χ2n) is 6.24. The average molecular weight is 312 g/mol. The Morgan fingerprint density at radius 2 is 1.59 bits per heavy atom. The minimum Gasteiger partial charge on any atom is -0.291 e. The molecular formula is C19H20ClN2. The molecule has 2 aromatic carbocycles. The van der Waals surface area contributed by atoms with Crippen LogP contribution in [0, 0.1) is 0 Å². The molecule has 113 valence electrons. The number of halogens is 1. The van der Waals surface area contributed by atoms with Crippen LogP contribution in [0.25, 0.3) is 11.1 Å². The molecule has 3 heteroatoms. The minimum atomic E-state index is 0.242. The van der Waals surface area contributed by atoms with Crippen LogP contribution in [0.3, 0.4) is 0 Å². The van der Waals surface area contributed by atoms with Crippen LogP contribution in [0.5, 0.6) is 0 Å². The lowest BCUT2D eigenvalue weighted by atomic mass is 9.92. The number of nitrogens with zero attached hydrogens (tertiary/aromatic N) is 2. The topological polar surface area (TPSA) is 17.3 Å². The van der Waals surface area contributed by atoms with Crippen molar-refractivity contribution >= 4 is 11.6 Å². The van der Waals surface area contributed by atoms with Crippen LogP contribution < -0.4 is 5.32 Å². The first-order valence-corrected chi connectivity index (χ1v) is 8.41. The van der Waals surface area contributed by atoms with Gasteiger partial charge in [-0.25, -0.2) is 5.32 Å². The van der Waals surface area contributed by atoms with Crippen LogP contribution in [0.1, 0.15) is 18.4 Å². The largest absolute Gasteiger partial charge is 0.291 e. The van der Waals surface area contributed by atoms with Gasteiger partial charge in [-0.05, 0) is 41.7 Å². The Morgan fingerprint density at radius 3 is 2.27 bits per heavy atom. The van der Waals surface area contributed by atoms with Crippen LogP contribution in [-0.2, 0) is 5.54 Å². The minimum absolute atomic E-state index is 0.242. The molecule has 2 aliphatic rings. The van der Waals surface area contributed by atoms with Crippen molar-refractivity contribution in [3.8, 4) is 11.1 Å². The zero-order valence-corrected chi connectivity index (χ0v) is 13.4. The van der Waals surface area contributed by atoms with Gasteiger partial charge in [-0.3, -0.25) is 4.90 Å². The molecule has 1 heterocycles. The maximum Gasteiger partial charge on any atom is 0.0469 e. The van der Waals surface area contributed by atoms with Crippen LogP contribution in [0.2, 0.25) is 5.02 Å². The van der Waals surface area contributed by atoms with Gasteiger partial charge in [0.1, 0.15) is 0 Å². The molecule has 0 amide bonds. The second kappa shape index (κ2) is 5.69. The fourth-order valence-corrected chi connectivity index (χ4v) is 3.80. The van der Waals surface area contributed by atoms with Crippen molar-refractivity contribution in [3.63, 3.8) is 0 Å². The lowest BCUT2D eigenvalue weighted by molar-refractivity contribution is 0.153. The molecule has 0 spiro atoms. The molecule has 0 atom stereocenters. The summed E-state index contributed by atoms with van der Waals surface area (Å²) in [5.74, 6) is 0. The van der Waals surface area contributed by atoms with Crippen molar-refractivity contribution in [1.29, 1.82) is 0 Å². The number of hydrogen-bond acceptors (Lipinski definition) is 1. The van der Waals surface area contributed by atoms with E-state index >= 15 is 0 Å². The molecule has 2 fully saturated rings. The SMILES string of the molecule is Clc1ccc(-c2ccccc2C2(N3CC[N]CC3)CC2)cc1. The van der Waals surface area contributed by atoms with Gasteiger partial charge in [-0.15, -0.1) is 0 Å². The molecule has 0 bridgehead atoms. The van der Waals surface area contributed by atoms with Crippen LogP contribution in [0.15, 0.2) is 48.5 Å². The molecule has 2 aromatic rings. The zero-order valence-electron chi connectivity index (χ0n) is 12.6. The summed E-state index contributed by atoms with van der Waals surface area (Å²) in [5.41, 5.74) is 4.32. The predicted octanol–water partition coefficient (Wildman–Crippen LogP) is 3.92. The summed E-state index contributed by atoms with van der Waals surface area (Å²) in [6.45, 7) is 4.14. The molecule has 0 unspecified atom stereocenters. The summed E-state index contributed by atoms with van der Waals surface area (Å²) in [6.07, 6.45) is 2.52. The maximum absolute atomic E-state index is 6.04. The molecule has 0 N–H and O–H groups in total. The lowest BCUT2D eigenvalue weighted by Crippen LogP contribution is -2.46. The maximum atomic E-state index is 6.04. The standard InChI is InChI=1S/C19H20ClN2/c20-16-7-5-15(6-8-16)17-3-1-2-4-18(17)19(9-10-19)22-13-11-21-12-14-22/h1-8H,9-14H2. The number of rotatable bonds is 3. The van der Waals surface area contributed by atoms with Crippen molar-refractivity contribution in [2.24, 2.45) is 0 Å². The Hall–Kier alpha value is -1.35. The Bertz CT molecular complexity index is 655.